The van der Waals surface area contributed by atoms with Crippen LogP contribution in [0.25, 0.3) is 11.5 Å². The average molecular weight is 291 g/mol. The van der Waals surface area contributed by atoms with Gasteiger partial charge in [0.1, 0.15) is 17.9 Å². The van der Waals surface area contributed by atoms with E-state index in [4.69, 9.17) is 4.42 Å². The van der Waals surface area contributed by atoms with E-state index in [1.54, 1.807) is 0 Å². The first kappa shape index (κ1) is 14.2. The lowest BCUT2D eigenvalue weighted by atomic mass is 10.2. The van der Waals surface area contributed by atoms with Crippen LogP contribution >= 0.6 is 0 Å². The molecule has 0 atom stereocenters. The molecular weight excluding hydrogens is 285 g/mol. The Kier molecular flexibility index (Phi) is 3.56. The maximum absolute atomic E-state index is 13.0. The first-order chi connectivity index (χ1) is 9.30. The molecule has 1 aromatic heterocycles. The molecule has 0 amide bonds. The molecule has 0 unspecified atom stereocenters. The highest BCUT2D eigenvalue weighted by Gasteiger charge is 2.32. The van der Waals surface area contributed by atoms with E-state index in [2.05, 4.69) is 4.98 Å². The van der Waals surface area contributed by atoms with Crippen molar-refractivity contribution in [3.63, 3.8) is 0 Å². The average Bonchev–Trinajstić information content (AvgIpc) is 2.73. The van der Waals surface area contributed by atoms with Gasteiger partial charge in [-0.3, -0.25) is 4.79 Å². The molecule has 20 heavy (non-hydrogen) atoms. The Hall–Kier alpha value is -2.25. The molecule has 0 bridgehead atoms. The Morgan fingerprint density at radius 1 is 1.20 bits per heavy atom. The molecule has 0 aliphatic carbocycles. The van der Waals surface area contributed by atoms with E-state index in [1.165, 1.54) is 0 Å². The van der Waals surface area contributed by atoms with Gasteiger partial charge in [-0.1, -0.05) is 0 Å². The van der Waals surface area contributed by atoms with Gasteiger partial charge in [-0.25, -0.2) is 13.8 Å². The van der Waals surface area contributed by atoms with Gasteiger partial charge in [-0.05, 0) is 18.2 Å². The van der Waals surface area contributed by atoms with Gasteiger partial charge in [0.25, 0.3) is 0 Å². The van der Waals surface area contributed by atoms with Crippen LogP contribution < -0.4 is 0 Å². The molecule has 2 rings (SSSR count). The van der Waals surface area contributed by atoms with E-state index in [0.29, 0.717) is 6.07 Å². The SMILES string of the molecule is O=Cc1nc(-c2ccc(F)c(F)c2)oc1CC(F)(F)F. The number of carbonyl (C=O) groups is 1. The van der Waals surface area contributed by atoms with E-state index in [1.807, 2.05) is 0 Å². The number of aldehydes is 1. The zero-order chi connectivity index (χ0) is 14.9. The Morgan fingerprint density at radius 2 is 1.90 bits per heavy atom. The quantitative estimate of drug-likeness (QED) is 0.641. The lowest BCUT2D eigenvalue weighted by Crippen LogP contribution is -2.12. The van der Waals surface area contributed by atoms with Gasteiger partial charge in [0.05, 0.1) is 0 Å². The molecule has 0 aliphatic heterocycles. The number of rotatable bonds is 3. The van der Waals surface area contributed by atoms with Gasteiger partial charge in [-0.2, -0.15) is 13.2 Å². The summed E-state index contributed by atoms with van der Waals surface area (Å²) in [6.07, 6.45) is -5.95. The van der Waals surface area contributed by atoms with Crippen molar-refractivity contribution in [1.82, 2.24) is 4.98 Å². The monoisotopic (exact) mass is 291 g/mol. The van der Waals surface area contributed by atoms with Crippen molar-refractivity contribution in [1.29, 1.82) is 0 Å². The Balaban J connectivity index is 2.43. The number of oxazole rings is 1. The maximum Gasteiger partial charge on any atom is 0.396 e. The van der Waals surface area contributed by atoms with Crippen molar-refractivity contribution in [3.05, 3.63) is 41.3 Å². The number of benzene rings is 1. The van der Waals surface area contributed by atoms with Crippen LogP contribution in [0.2, 0.25) is 0 Å². The second kappa shape index (κ2) is 5.03. The summed E-state index contributed by atoms with van der Waals surface area (Å²) in [6.45, 7) is 0. The Morgan fingerprint density at radius 3 is 2.45 bits per heavy atom. The molecule has 106 valence electrons. The molecule has 1 aromatic carbocycles. The normalized spacial score (nSPS) is 11.7. The predicted molar refractivity (Wildman–Crippen MR) is 57.0 cm³/mol. The third kappa shape index (κ3) is 3.01. The topological polar surface area (TPSA) is 43.1 Å². The van der Waals surface area contributed by atoms with Crippen molar-refractivity contribution in [2.45, 2.75) is 12.6 Å². The minimum absolute atomic E-state index is 0.0691. The van der Waals surface area contributed by atoms with Crippen LogP contribution in [0.15, 0.2) is 22.6 Å². The first-order valence-corrected chi connectivity index (χ1v) is 5.27. The number of carbonyl (C=O) groups excluding carboxylic acids is 1. The number of aromatic nitrogens is 1. The third-order valence-electron chi connectivity index (χ3n) is 2.37. The van der Waals surface area contributed by atoms with E-state index in [-0.39, 0.29) is 17.7 Å². The van der Waals surface area contributed by atoms with Gasteiger partial charge >= 0.3 is 6.18 Å². The second-order valence-electron chi connectivity index (χ2n) is 3.87. The zero-order valence-corrected chi connectivity index (χ0v) is 9.67. The van der Waals surface area contributed by atoms with Crippen molar-refractivity contribution in [3.8, 4) is 11.5 Å². The van der Waals surface area contributed by atoms with Gasteiger partial charge in [0.15, 0.2) is 17.9 Å². The molecule has 0 fully saturated rings. The minimum atomic E-state index is -4.58. The number of halogens is 5. The zero-order valence-electron chi connectivity index (χ0n) is 9.67. The largest absolute Gasteiger partial charge is 0.440 e. The number of hydrogen-bond donors (Lipinski definition) is 0. The molecule has 3 nitrogen and oxygen atoms in total. The Labute approximate surface area is 109 Å². The maximum atomic E-state index is 13.0. The molecule has 0 radical (unpaired) electrons. The smallest absolute Gasteiger partial charge is 0.396 e. The highest BCUT2D eigenvalue weighted by atomic mass is 19.4. The van der Waals surface area contributed by atoms with Gasteiger partial charge in [-0.15, -0.1) is 0 Å². The van der Waals surface area contributed by atoms with E-state index < -0.39 is 35.7 Å². The molecule has 0 saturated carbocycles. The summed E-state index contributed by atoms with van der Waals surface area (Å²) >= 11 is 0. The second-order valence-corrected chi connectivity index (χ2v) is 3.87. The van der Waals surface area contributed by atoms with Crippen LogP contribution in [0.1, 0.15) is 16.2 Å². The van der Waals surface area contributed by atoms with Crippen molar-refractivity contribution in [2.75, 3.05) is 0 Å². The number of nitrogens with zero attached hydrogens (tertiary/aromatic N) is 1. The van der Waals surface area contributed by atoms with Crippen LogP contribution in [0.3, 0.4) is 0 Å². The van der Waals surface area contributed by atoms with Crippen LogP contribution in [0.4, 0.5) is 22.0 Å². The van der Waals surface area contributed by atoms with Crippen LogP contribution in [0, 0.1) is 11.6 Å². The van der Waals surface area contributed by atoms with Gasteiger partial charge < -0.3 is 4.42 Å². The molecule has 8 heteroatoms. The molecular formula is C12H6F5NO2. The van der Waals surface area contributed by atoms with Gasteiger partial charge in [0, 0.05) is 5.56 Å². The summed E-state index contributed by atoms with van der Waals surface area (Å²) < 4.78 is 67.4. The lowest BCUT2D eigenvalue weighted by Gasteiger charge is -2.02. The Bertz CT molecular complexity index is 648. The highest BCUT2D eigenvalue weighted by molar-refractivity contribution is 5.74. The van der Waals surface area contributed by atoms with Crippen LogP contribution in [-0.4, -0.2) is 17.4 Å². The van der Waals surface area contributed by atoms with E-state index in [0.717, 1.165) is 12.1 Å². The predicted octanol–water partition coefficient (Wildman–Crippen LogP) is 3.54. The molecule has 0 N–H and O–H groups in total. The van der Waals surface area contributed by atoms with E-state index in [9.17, 15) is 26.7 Å². The molecule has 0 spiro atoms. The molecule has 2 aromatic rings. The summed E-state index contributed by atoms with van der Waals surface area (Å²) in [5.41, 5.74) is -0.595. The minimum Gasteiger partial charge on any atom is -0.440 e. The summed E-state index contributed by atoms with van der Waals surface area (Å²) in [6, 6.07) is 2.57. The fourth-order valence-corrected chi connectivity index (χ4v) is 1.52. The van der Waals surface area contributed by atoms with Crippen LogP contribution in [0.5, 0.6) is 0 Å². The molecule has 0 aliphatic rings. The fraction of sp³-hybridized carbons (Fsp3) is 0.167. The third-order valence-corrected chi connectivity index (χ3v) is 2.37. The standard InChI is InChI=1S/C12H6F5NO2/c13-7-2-1-6(3-8(7)14)11-18-9(5-19)10(20-11)4-12(15,16)17/h1-3,5H,4H2. The fourth-order valence-electron chi connectivity index (χ4n) is 1.52. The van der Waals surface area contributed by atoms with Crippen LogP contribution in [-0.2, 0) is 6.42 Å². The first-order valence-electron chi connectivity index (χ1n) is 5.27. The van der Waals surface area contributed by atoms with Gasteiger partial charge in [0.2, 0.25) is 5.89 Å². The van der Waals surface area contributed by atoms with Crippen molar-refractivity contribution < 1.29 is 31.2 Å². The molecule has 1 heterocycles. The number of hydrogen-bond acceptors (Lipinski definition) is 3. The highest BCUT2D eigenvalue weighted by Crippen LogP contribution is 2.28. The van der Waals surface area contributed by atoms with Crippen molar-refractivity contribution in [2.24, 2.45) is 0 Å². The summed E-state index contributed by atoms with van der Waals surface area (Å²) in [7, 11) is 0. The summed E-state index contributed by atoms with van der Waals surface area (Å²) in [5.74, 6) is -3.38. The molecule has 0 saturated heterocycles. The summed E-state index contributed by atoms with van der Waals surface area (Å²) in [4.78, 5) is 14.2. The van der Waals surface area contributed by atoms with E-state index >= 15 is 0 Å². The van der Waals surface area contributed by atoms with Crippen molar-refractivity contribution >= 4 is 6.29 Å². The summed E-state index contributed by atoms with van der Waals surface area (Å²) in [5, 5.41) is 0. The number of alkyl halides is 3. The lowest BCUT2D eigenvalue weighted by molar-refractivity contribution is -0.130.